The lowest BCUT2D eigenvalue weighted by molar-refractivity contribution is -0.123. The van der Waals surface area contributed by atoms with E-state index in [9.17, 15) is 4.79 Å². The van der Waals surface area contributed by atoms with E-state index in [1.165, 1.54) is 0 Å². The van der Waals surface area contributed by atoms with Gasteiger partial charge in [-0.15, -0.1) is 0 Å². The van der Waals surface area contributed by atoms with Crippen molar-refractivity contribution in [1.29, 1.82) is 0 Å². The summed E-state index contributed by atoms with van der Waals surface area (Å²) in [5, 5.41) is 7.05. The van der Waals surface area contributed by atoms with Crippen LogP contribution in [0, 0.1) is 6.92 Å². The van der Waals surface area contributed by atoms with Gasteiger partial charge >= 0.3 is 0 Å². The first-order valence-electron chi connectivity index (χ1n) is 7.68. The van der Waals surface area contributed by atoms with E-state index in [0.29, 0.717) is 25.4 Å². The van der Waals surface area contributed by atoms with Gasteiger partial charge in [0.05, 0.1) is 25.3 Å². The molecule has 5 nitrogen and oxygen atoms in total. The van der Waals surface area contributed by atoms with Gasteiger partial charge < -0.3 is 14.8 Å². The molecule has 2 atom stereocenters. The molecule has 2 aromatic heterocycles. The van der Waals surface area contributed by atoms with Crippen LogP contribution < -0.4 is 10.1 Å². The van der Waals surface area contributed by atoms with Crippen molar-refractivity contribution in [2.45, 2.75) is 31.9 Å². The molecule has 1 aliphatic rings. The zero-order valence-electron chi connectivity index (χ0n) is 13.0. The number of hydrogen-bond donors (Lipinski definition) is 1. The van der Waals surface area contributed by atoms with Crippen LogP contribution in [0.25, 0.3) is 0 Å². The Hall–Kier alpha value is -1.92. The van der Waals surface area contributed by atoms with Crippen LogP contribution in [0.5, 0.6) is 5.75 Å². The van der Waals surface area contributed by atoms with Crippen LogP contribution in [-0.4, -0.2) is 36.3 Å². The van der Waals surface area contributed by atoms with E-state index in [4.69, 9.17) is 9.47 Å². The summed E-state index contributed by atoms with van der Waals surface area (Å²) in [4.78, 5) is 16.4. The van der Waals surface area contributed by atoms with Gasteiger partial charge in [0.25, 0.3) is 0 Å². The van der Waals surface area contributed by atoms with Crippen LogP contribution in [0.3, 0.4) is 0 Å². The molecule has 0 spiro atoms. The molecule has 1 saturated heterocycles. The molecule has 3 rings (SSSR count). The second-order valence-corrected chi connectivity index (χ2v) is 6.42. The van der Waals surface area contributed by atoms with Crippen LogP contribution in [-0.2, 0) is 16.0 Å². The first kappa shape index (κ1) is 16.0. The average Bonchev–Trinajstić information content (AvgIpc) is 3.04. The number of aryl methyl sites for hydroxylation is 1. The normalized spacial score (nSPS) is 20.9. The molecule has 1 N–H and O–H groups in total. The van der Waals surface area contributed by atoms with Crippen molar-refractivity contribution < 1.29 is 14.3 Å². The van der Waals surface area contributed by atoms with Crippen LogP contribution in [0.15, 0.2) is 35.2 Å². The molecular formula is C17H20N2O3S. The maximum atomic E-state index is 12.2. The van der Waals surface area contributed by atoms with Crippen molar-refractivity contribution in [2.75, 3.05) is 13.2 Å². The number of thiophene rings is 1. The fraction of sp³-hybridized carbons (Fsp3) is 0.412. The van der Waals surface area contributed by atoms with E-state index >= 15 is 0 Å². The number of rotatable bonds is 5. The number of nitrogens with zero attached hydrogens (tertiary/aromatic N) is 1. The van der Waals surface area contributed by atoms with Gasteiger partial charge in [0, 0.05) is 12.3 Å². The monoisotopic (exact) mass is 332 g/mol. The Balaban J connectivity index is 1.59. The molecular weight excluding hydrogens is 312 g/mol. The average molecular weight is 332 g/mol. The van der Waals surface area contributed by atoms with Gasteiger partial charge in [-0.25, -0.2) is 0 Å². The molecule has 0 saturated carbocycles. The summed E-state index contributed by atoms with van der Waals surface area (Å²) in [5.74, 6) is 0.717. The first-order valence-corrected chi connectivity index (χ1v) is 8.62. The maximum Gasteiger partial charge on any atom is 0.224 e. The van der Waals surface area contributed by atoms with Gasteiger partial charge in [-0.1, -0.05) is 0 Å². The zero-order chi connectivity index (χ0) is 16.1. The Morgan fingerprint density at radius 2 is 2.39 bits per heavy atom. The molecule has 0 bridgehead atoms. The Kier molecular flexibility index (Phi) is 5.25. The quantitative estimate of drug-likeness (QED) is 0.913. The Bertz CT molecular complexity index is 628. The van der Waals surface area contributed by atoms with Gasteiger partial charge in [-0.3, -0.25) is 9.78 Å². The Labute approximate surface area is 139 Å². The van der Waals surface area contributed by atoms with Crippen LogP contribution in [0.1, 0.15) is 17.7 Å². The maximum absolute atomic E-state index is 12.2. The Morgan fingerprint density at radius 3 is 3.13 bits per heavy atom. The van der Waals surface area contributed by atoms with Gasteiger partial charge in [0.1, 0.15) is 11.9 Å². The third kappa shape index (κ3) is 4.53. The number of amides is 1. The molecule has 1 aliphatic heterocycles. The summed E-state index contributed by atoms with van der Waals surface area (Å²) in [6.45, 7) is 3.04. The summed E-state index contributed by atoms with van der Waals surface area (Å²) in [5.41, 5.74) is 1.98. The molecule has 6 heteroatoms. The van der Waals surface area contributed by atoms with E-state index < -0.39 is 0 Å². The van der Waals surface area contributed by atoms with Crippen molar-refractivity contribution in [2.24, 2.45) is 0 Å². The molecule has 0 aliphatic carbocycles. The summed E-state index contributed by atoms with van der Waals surface area (Å²) in [6.07, 6.45) is 2.66. The minimum atomic E-state index is -0.195. The van der Waals surface area contributed by atoms with E-state index in [-0.39, 0.29) is 18.1 Å². The van der Waals surface area contributed by atoms with E-state index in [1.807, 2.05) is 35.9 Å². The number of nitrogens with one attached hydrogen (secondary N) is 1. The highest BCUT2D eigenvalue weighted by molar-refractivity contribution is 7.07. The summed E-state index contributed by atoms with van der Waals surface area (Å²) >= 11 is 1.60. The van der Waals surface area contributed by atoms with E-state index in [2.05, 4.69) is 10.3 Å². The summed E-state index contributed by atoms with van der Waals surface area (Å²) < 4.78 is 11.5. The van der Waals surface area contributed by atoms with Crippen LogP contribution in [0.2, 0.25) is 0 Å². The number of hydrogen-bond acceptors (Lipinski definition) is 5. The summed E-state index contributed by atoms with van der Waals surface area (Å²) in [6, 6.07) is 5.72. The number of pyridine rings is 1. The van der Waals surface area contributed by atoms with Crippen LogP contribution >= 0.6 is 11.3 Å². The van der Waals surface area contributed by atoms with Gasteiger partial charge in [0.15, 0.2) is 0 Å². The highest BCUT2D eigenvalue weighted by Crippen LogP contribution is 2.17. The predicted molar refractivity (Wildman–Crippen MR) is 88.8 cm³/mol. The molecule has 1 fully saturated rings. The molecule has 0 unspecified atom stereocenters. The van der Waals surface area contributed by atoms with E-state index in [0.717, 1.165) is 17.7 Å². The van der Waals surface area contributed by atoms with Crippen molar-refractivity contribution in [1.82, 2.24) is 10.3 Å². The lowest BCUT2D eigenvalue weighted by Crippen LogP contribution is -2.51. The van der Waals surface area contributed by atoms with Crippen molar-refractivity contribution >= 4 is 17.2 Å². The minimum Gasteiger partial charge on any atom is -0.484 e. The Morgan fingerprint density at radius 1 is 1.48 bits per heavy atom. The molecule has 2 aromatic rings. The van der Waals surface area contributed by atoms with Gasteiger partial charge in [-0.05, 0) is 47.9 Å². The van der Waals surface area contributed by atoms with Crippen molar-refractivity contribution in [3.05, 3.63) is 46.4 Å². The van der Waals surface area contributed by atoms with Gasteiger partial charge in [-0.2, -0.15) is 11.3 Å². The van der Waals surface area contributed by atoms with E-state index in [1.54, 1.807) is 17.5 Å². The lowest BCUT2D eigenvalue weighted by Gasteiger charge is -2.32. The molecule has 3 heterocycles. The largest absolute Gasteiger partial charge is 0.484 e. The van der Waals surface area contributed by atoms with Crippen molar-refractivity contribution in [3.63, 3.8) is 0 Å². The van der Waals surface area contributed by atoms with Crippen LogP contribution in [0.4, 0.5) is 0 Å². The zero-order valence-corrected chi connectivity index (χ0v) is 13.8. The number of carbonyl (C=O) groups is 1. The van der Waals surface area contributed by atoms with Crippen molar-refractivity contribution in [3.8, 4) is 5.75 Å². The fourth-order valence-electron chi connectivity index (χ4n) is 2.53. The third-order valence-corrected chi connectivity index (χ3v) is 4.50. The molecule has 0 aromatic carbocycles. The number of ether oxygens (including phenoxy) is 2. The highest BCUT2D eigenvalue weighted by Gasteiger charge is 2.29. The fourth-order valence-corrected chi connectivity index (χ4v) is 3.20. The molecule has 1 amide bonds. The predicted octanol–water partition coefficient (Wildman–Crippen LogP) is 2.35. The standard InChI is InChI=1S/C17H20N2O3S/c1-12-2-3-14(9-18-12)22-16-10-21-6-4-15(16)19-17(20)8-13-5-7-23-11-13/h2-3,5,7,9,11,15-16H,4,6,8,10H2,1H3,(H,19,20)/t15-,16+/m0/s1. The molecule has 0 radical (unpaired) electrons. The lowest BCUT2D eigenvalue weighted by atomic mass is 10.1. The second kappa shape index (κ2) is 7.57. The number of aromatic nitrogens is 1. The first-order chi connectivity index (χ1) is 11.2. The molecule has 23 heavy (non-hydrogen) atoms. The summed E-state index contributed by atoms with van der Waals surface area (Å²) in [7, 11) is 0. The number of carbonyl (C=O) groups excluding carboxylic acids is 1. The third-order valence-electron chi connectivity index (χ3n) is 3.77. The highest BCUT2D eigenvalue weighted by atomic mass is 32.1. The van der Waals surface area contributed by atoms with Gasteiger partial charge in [0.2, 0.25) is 5.91 Å². The SMILES string of the molecule is Cc1ccc(O[C@@H]2COCC[C@@H]2NC(=O)Cc2ccsc2)cn1. The second-order valence-electron chi connectivity index (χ2n) is 5.64. The smallest absolute Gasteiger partial charge is 0.224 e. The minimum absolute atomic E-state index is 0.0194. The topological polar surface area (TPSA) is 60.5 Å². The molecule has 122 valence electrons.